The predicted octanol–water partition coefficient (Wildman–Crippen LogP) is 1.22. The Labute approximate surface area is 128 Å². The first-order valence-electron chi connectivity index (χ1n) is 7.41. The zero-order valence-corrected chi connectivity index (χ0v) is 12.2. The van der Waals surface area contributed by atoms with E-state index in [4.69, 9.17) is 0 Å². The number of aromatic nitrogens is 2. The molecule has 1 N–H and O–H groups in total. The van der Waals surface area contributed by atoms with E-state index in [1.54, 1.807) is 40.2 Å². The van der Waals surface area contributed by atoms with Gasteiger partial charge >= 0.3 is 0 Å². The van der Waals surface area contributed by atoms with Gasteiger partial charge in [0, 0.05) is 25.5 Å². The van der Waals surface area contributed by atoms with Gasteiger partial charge in [0.1, 0.15) is 0 Å². The molecule has 1 aromatic heterocycles. The van der Waals surface area contributed by atoms with Crippen LogP contribution in [-0.4, -0.2) is 46.1 Å². The molecule has 3 rings (SSSR count). The van der Waals surface area contributed by atoms with Gasteiger partial charge in [-0.2, -0.15) is 5.10 Å². The summed E-state index contributed by atoms with van der Waals surface area (Å²) in [7, 11) is 0. The normalized spacial score (nSPS) is 14.1. The van der Waals surface area contributed by atoms with E-state index in [2.05, 4.69) is 10.4 Å². The number of hydrogen-bond donors (Lipinski definition) is 1. The summed E-state index contributed by atoms with van der Waals surface area (Å²) in [6, 6.07) is 9.00. The van der Waals surface area contributed by atoms with Crippen molar-refractivity contribution in [3.8, 4) is 5.69 Å². The average molecular weight is 298 g/mol. The van der Waals surface area contributed by atoms with Crippen LogP contribution in [0.25, 0.3) is 5.69 Å². The maximum absolute atomic E-state index is 12.4. The van der Waals surface area contributed by atoms with Gasteiger partial charge in [-0.05, 0) is 31.0 Å². The van der Waals surface area contributed by atoms with Crippen LogP contribution in [0.3, 0.4) is 0 Å². The number of amides is 2. The van der Waals surface area contributed by atoms with Crippen LogP contribution in [0.5, 0.6) is 0 Å². The molecular formula is C16H18N4O2. The molecule has 22 heavy (non-hydrogen) atoms. The van der Waals surface area contributed by atoms with E-state index >= 15 is 0 Å². The van der Waals surface area contributed by atoms with E-state index in [0.29, 0.717) is 11.3 Å². The number of nitrogens with one attached hydrogen (secondary N) is 1. The molecule has 1 saturated heterocycles. The lowest BCUT2D eigenvalue weighted by Gasteiger charge is -2.16. The van der Waals surface area contributed by atoms with Crippen LogP contribution in [0.15, 0.2) is 42.7 Å². The molecular weight excluding hydrogens is 280 g/mol. The Kier molecular flexibility index (Phi) is 4.18. The molecule has 0 saturated carbocycles. The van der Waals surface area contributed by atoms with Crippen LogP contribution in [0.2, 0.25) is 0 Å². The zero-order valence-electron chi connectivity index (χ0n) is 12.2. The average Bonchev–Trinajstić information content (AvgIpc) is 3.24. The molecule has 6 nitrogen and oxygen atoms in total. The summed E-state index contributed by atoms with van der Waals surface area (Å²) in [5.74, 6) is -0.291. The Bertz CT molecular complexity index is 661. The molecule has 1 aliphatic rings. The first kappa shape index (κ1) is 14.3. The topological polar surface area (TPSA) is 67.2 Å². The standard InChI is InChI=1S/C16H18N4O2/c21-15(19-9-3-4-10-19)12-17-16(22)13-6-1-2-7-14(13)20-11-5-8-18-20/h1-2,5-8,11H,3-4,9-10,12H2,(H,17,22). The van der Waals surface area contributed by atoms with Gasteiger partial charge in [-0.1, -0.05) is 12.1 Å². The van der Waals surface area contributed by atoms with Gasteiger partial charge < -0.3 is 10.2 Å². The van der Waals surface area contributed by atoms with E-state index in [1.807, 2.05) is 12.1 Å². The number of likely N-dealkylation sites (tertiary alicyclic amines) is 1. The van der Waals surface area contributed by atoms with E-state index < -0.39 is 0 Å². The fraction of sp³-hybridized carbons (Fsp3) is 0.312. The Morgan fingerprint density at radius 1 is 1.14 bits per heavy atom. The highest BCUT2D eigenvalue weighted by atomic mass is 16.2. The number of nitrogens with zero attached hydrogens (tertiary/aromatic N) is 3. The second kappa shape index (κ2) is 6.43. The first-order chi connectivity index (χ1) is 10.8. The first-order valence-corrected chi connectivity index (χ1v) is 7.41. The van der Waals surface area contributed by atoms with Gasteiger partial charge in [0.2, 0.25) is 5.91 Å². The van der Waals surface area contributed by atoms with Gasteiger partial charge in [0.25, 0.3) is 5.91 Å². The highest BCUT2D eigenvalue weighted by Gasteiger charge is 2.19. The van der Waals surface area contributed by atoms with Crippen LogP contribution >= 0.6 is 0 Å². The number of carbonyl (C=O) groups excluding carboxylic acids is 2. The number of carbonyl (C=O) groups is 2. The molecule has 0 aliphatic carbocycles. The maximum atomic E-state index is 12.4. The smallest absolute Gasteiger partial charge is 0.253 e. The lowest BCUT2D eigenvalue weighted by molar-refractivity contribution is -0.129. The van der Waals surface area contributed by atoms with Crippen molar-refractivity contribution in [2.45, 2.75) is 12.8 Å². The summed E-state index contributed by atoms with van der Waals surface area (Å²) in [5, 5.41) is 6.86. The number of benzene rings is 1. The Morgan fingerprint density at radius 3 is 2.64 bits per heavy atom. The van der Waals surface area contributed by atoms with Crippen molar-refractivity contribution in [1.82, 2.24) is 20.0 Å². The summed E-state index contributed by atoms with van der Waals surface area (Å²) < 4.78 is 1.64. The van der Waals surface area contributed by atoms with Crippen molar-refractivity contribution >= 4 is 11.8 Å². The molecule has 2 amide bonds. The molecule has 0 bridgehead atoms. The minimum Gasteiger partial charge on any atom is -0.343 e. The van der Waals surface area contributed by atoms with Crippen molar-refractivity contribution in [3.05, 3.63) is 48.3 Å². The quantitative estimate of drug-likeness (QED) is 0.923. The van der Waals surface area contributed by atoms with E-state index in [1.165, 1.54) is 0 Å². The van der Waals surface area contributed by atoms with Gasteiger partial charge in [-0.15, -0.1) is 0 Å². The number of rotatable bonds is 4. The predicted molar refractivity (Wildman–Crippen MR) is 81.7 cm³/mol. The van der Waals surface area contributed by atoms with Gasteiger partial charge in [-0.25, -0.2) is 4.68 Å². The van der Waals surface area contributed by atoms with Crippen molar-refractivity contribution < 1.29 is 9.59 Å². The van der Waals surface area contributed by atoms with Gasteiger partial charge in [-0.3, -0.25) is 9.59 Å². The maximum Gasteiger partial charge on any atom is 0.253 e. The SMILES string of the molecule is O=C(NCC(=O)N1CCCC1)c1ccccc1-n1cccn1. The van der Waals surface area contributed by atoms with E-state index in [9.17, 15) is 9.59 Å². The molecule has 6 heteroatoms. The molecule has 1 aliphatic heterocycles. The number of para-hydroxylation sites is 1. The second-order valence-electron chi connectivity index (χ2n) is 5.24. The molecule has 1 aromatic carbocycles. The molecule has 0 spiro atoms. The minimum atomic E-state index is -0.265. The molecule has 0 radical (unpaired) electrons. The van der Waals surface area contributed by atoms with Crippen molar-refractivity contribution in [2.75, 3.05) is 19.6 Å². The fourth-order valence-electron chi connectivity index (χ4n) is 2.61. The lowest BCUT2D eigenvalue weighted by atomic mass is 10.1. The van der Waals surface area contributed by atoms with Crippen LogP contribution in [0, 0.1) is 0 Å². The van der Waals surface area contributed by atoms with Crippen molar-refractivity contribution in [1.29, 1.82) is 0 Å². The largest absolute Gasteiger partial charge is 0.343 e. The third-order valence-corrected chi connectivity index (χ3v) is 3.76. The van der Waals surface area contributed by atoms with Crippen LogP contribution in [0.4, 0.5) is 0 Å². The van der Waals surface area contributed by atoms with Gasteiger partial charge in [0.05, 0.1) is 17.8 Å². The Balaban J connectivity index is 1.69. The Morgan fingerprint density at radius 2 is 1.91 bits per heavy atom. The molecule has 1 fully saturated rings. The summed E-state index contributed by atoms with van der Waals surface area (Å²) in [4.78, 5) is 26.1. The second-order valence-corrected chi connectivity index (χ2v) is 5.24. The summed E-state index contributed by atoms with van der Waals surface area (Å²) in [6.07, 6.45) is 5.52. The fourth-order valence-corrected chi connectivity index (χ4v) is 2.61. The highest BCUT2D eigenvalue weighted by molar-refractivity contribution is 5.99. The van der Waals surface area contributed by atoms with Crippen LogP contribution < -0.4 is 5.32 Å². The molecule has 0 atom stereocenters. The highest BCUT2D eigenvalue weighted by Crippen LogP contribution is 2.13. The minimum absolute atomic E-state index is 0.0255. The molecule has 2 aromatic rings. The van der Waals surface area contributed by atoms with E-state index in [-0.39, 0.29) is 18.4 Å². The molecule has 114 valence electrons. The lowest BCUT2D eigenvalue weighted by Crippen LogP contribution is -2.38. The summed E-state index contributed by atoms with van der Waals surface area (Å²) >= 11 is 0. The van der Waals surface area contributed by atoms with Crippen molar-refractivity contribution in [2.24, 2.45) is 0 Å². The van der Waals surface area contributed by atoms with Crippen LogP contribution in [-0.2, 0) is 4.79 Å². The number of hydrogen-bond acceptors (Lipinski definition) is 3. The third-order valence-electron chi connectivity index (χ3n) is 3.76. The molecule has 0 unspecified atom stereocenters. The van der Waals surface area contributed by atoms with E-state index in [0.717, 1.165) is 25.9 Å². The third kappa shape index (κ3) is 3.00. The summed E-state index contributed by atoms with van der Waals surface area (Å²) in [6.45, 7) is 1.61. The van der Waals surface area contributed by atoms with Gasteiger partial charge in [0.15, 0.2) is 0 Å². The molecule has 2 heterocycles. The summed E-state index contributed by atoms with van der Waals surface area (Å²) in [5.41, 5.74) is 1.19. The zero-order chi connectivity index (χ0) is 15.4. The Hall–Kier alpha value is -2.63. The monoisotopic (exact) mass is 298 g/mol. The van der Waals surface area contributed by atoms with Crippen LogP contribution in [0.1, 0.15) is 23.2 Å². The van der Waals surface area contributed by atoms with Crippen molar-refractivity contribution in [3.63, 3.8) is 0 Å².